The number of carboxylic acids is 1. The minimum absolute atomic E-state index is 0.0648. The van der Waals surface area contributed by atoms with Gasteiger partial charge in [0.15, 0.2) is 0 Å². The van der Waals surface area contributed by atoms with E-state index in [1.807, 2.05) is 0 Å². The Labute approximate surface area is 120 Å². The maximum absolute atomic E-state index is 12.9. The molecular weight excluding hydrogens is 289 g/mol. The van der Waals surface area contributed by atoms with E-state index in [9.17, 15) is 22.8 Å². The minimum Gasteiger partial charge on any atom is -0.479 e. The normalized spacial score (nSPS) is 28.7. The molecule has 0 aromatic heterocycles. The number of hydrogen-bond donors (Lipinski definition) is 2. The summed E-state index contributed by atoms with van der Waals surface area (Å²) in [7, 11) is 0. The first-order chi connectivity index (χ1) is 9.67. The number of carbonyl (C=O) groups excluding carboxylic acids is 1. The number of urea groups is 1. The maximum atomic E-state index is 12.9. The lowest BCUT2D eigenvalue weighted by Gasteiger charge is -2.35. The van der Waals surface area contributed by atoms with Crippen molar-refractivity contribution in [2.75, 3.05) is 6.54 Å². The molecule has 2 rings (SSSR count). The Kier molecular flexibility index (Phi) is 4.08. The Hall–Kier alpha value is -1.47. The number of amides is 2. The fourth-order valence-electron chi connectivity index (χ4n) is 3.19. The molecule has 3 atom stereocenters. The summed E-state index contributed by atoms with van der Waals surface area (Å²) in [5, 5.41) is 10.5. The van der Waals surface area contributed by atoms with Crippen LogP contribution in [0.3, 0.4) is 0 Å². The molecule has 2 N–H and O–H groups in total. The summed E-state index contributed by atoms with van der Waals surface area (Å²) in [6.45, 7) is 0.858. The van der Waals surface area contributed by atoms with Gasteiger partial charge in [0, 0.05) is 12.6 Å². The topological polar surface area (TPSA) is 69.6 Å². The van der Waals surface area contributed by atoms with Crippen LogP contribution in [-0.4, -0.2) is 46.3 Å². The molecule has 2 aliphatic rings. The van der Waals surface area contributed by atoms with E-state index in [1.165, 1.54) is 4.90 Å². The number of likely N-dealkylation sites (tertiary alicyclic amines) is 1. The smallest absolute Gasteiger partial charge is 0.422 e. The minimum atomic E-state index is -5.06. The van der Waals surface area contributed by atoms with E-state index in [0.717, 1.165) is 32.1 Å². The van der Waals surface area contributed by atoms with Gasteiger partial charge < -0.3 is 15.3 Å². The molecule has 0 spiro atoms. The lowest BCUT2D eigenvalue weighted by molar-refractivity contribution is -0.203. The average molecular weight is 308 g/mol. The van der Waals surface area contributed by atoms with E-state index in [2.05, 4.69) is 0 Å². The standard InChI is InChI=1S/C13H19F3N2O3/c1-12(10(19)20,13(14,15)16)17-11(21)18-7-6-8-4-2-3-5-9(8)18/h8-9H,2-7H2,1H3,(H,17,21)(H,19,20). The van der Waals surface area contributed by atoms with Gasteiger partial charge in [-0.3, -0.25) is 0 Å². The van der Waals surface area contributed by atoms with Crippen LogP contribution in [0.5, 0.6) is 0 Å². The second kappa shape index (κ2) is 5.38. The molecule has 0 bridgehead atoms. The SMILES string of the molecule is CC(NC(=O)N1CCC2CCCCC21)(C(=O)O)C(F)(F)F. The second-order valence-corrected chi connectivity index (χ2v) is 5.95. The third-order valence-electron chi connectivity index (χ3n) is 4.62. The Balaban J connectivity index is 2.11. The third-order valence-corrected chi connectivity index (χ3v) is 4.62. The van der Waals surface area contributed by atoms with Crippen LogP contribution in [0.1, 0.15) is 39.0 Å². The predicted octanol–water partition coefficient (Wildman–Crippen LogP) is 2.37. The molecule has 0 aromatic rings. The number of carbonyl (C=O) groups is 2. The van der Waals surface area contributed by atoms with Gasteiger partial charge in [-0.15, -0.1) is 0 Å². The quantitative estimate of drug-likeness (QED) is 0.823. The molecule has 21 heavy (non-hydrogen) atoms. The molecule has 2 fully saturated rings. The maximum Gasteiger partial charge on any atom is 0.422 e. The first-order valence-corrected chi connectivity index (χ1v) is 7.05. The van der Waals surface area contributed by atoms with Gasteiger partial charge >= 0.3 is 18.2 Å². The molecule has 1 aliphatic heterocycles. The highest BCUT2D eigenvalue weighted by molar-refractivity contribution is 5.87. The fraction of sp³-hybridized carbons (Fsp3) is 0.846. The molecule has 5 nitrogen and oxygen atoms in total. The Morgan fingerprint density at radius 3 is 2.38 bits per heavy atom. The van der Waals surface area contributed by atoms with Crippen molar-refractivity contribution in [1.29, 1.82) is 0 Å². The summed E-state index contributed by atoms with van der Waals surface area (Å²) < 4.78 is 38.8. The number of nitrogens with zero attached hydrogens (tertiary/aromatic N) is 1. The van der Waals surface area contributed by atoms with Gasteiger partial charge in [-0.25, -0.2) is 9.59 Å². The van der Waals surface area contributed by atoms with Crippen LogP contribution in [0.2, 0.25) is 0 Å². The number of nitrogens with one attached hydrogen (secondary N) is 1. The molecule has 1 aliphatic carbocycles. The molecule has 120 valence electrons. The van der Waals surface area contributed by atoms with Crippen molar-refractivity contribution < 1.29 is 27.9 Å². The number of aliphatic carboxylic acids is 1. The lowest BCUT2D eigenvalue weighted by atomic mass is 9.85. The summed E-state index contributed by atoms with van der Waals surface area (Å²) in [6, 6.07) is -1.00. The molecule has 1 heterocycles. The number of alkyl halides is 3. The van der Waals surface area contributed by atoms with Gasteiger partial charge in [-0.05, 0) is 32.1 Å². The number of halogens is 3. The molecule has 2 amide bonds. The van der Waals surface area contributed by atoms with Crippen LogP contribution < -0.4 is 5.32 Å². The van der Waals surface area contributed by atoms with E-state index in [-0.39, 0.29) is 6.04 Å². The lowest BCUT2D eigenvalue weighted by Crippen LogP contribution is -2.64. The zero-order valence-corrected chi connectivity index (χ0v) is 11.7. The van der Waals surface area contributed by atoms with Crippen LogP contribution >= 0.6 is 0 Å². The highest BCUT2D eigenvalue weighted by Gasteiger charge is 2.59. The second-order valence-electron chi connectivity index (χ2n) is 5.95. The Morgan fingerprint density at radius 2 is 1.81 bits per heavy atom. The highest BCUT2D eigenvalue weighted by atomic mass is 19.4. The van der Waals surface area contributed by atoms with E-state index in [0.29, 0.717) is 19.4 Å². The monoisotopic (exact) mass is 308 g/mol. The highest BCUT2D eigenvalue weighted by Crippen LogP contribution is 2.37. The van der Waals surface area contributed by atoms with Crippen molar-refractivity contribution in [3.63, 3.8) is 0 Å². The van der Waals surface area contributed by atoms with Crippen LogP contribution in [0.15, 0.2) is 0 Å². The summed E-state index contributed by atoms with van der Waals surface area (Å²) in [6.07, 6.45) is -0.516. The molecule has 8 heteroatoms. The number of hydrogen-bond acceptors (Lipinski definition) is 2. The van der Waals surface area contributed by atoms with Gasteiger partial charge in [-0.2, -0.15) is 13.2 Å². The zero-order valence-electron chi connectivity index (χ0n) is 11.7. The zero-order chi connectivity index (χ0) is 15.8. The first kappa shape index (κ1) is 15.9. The van der Waals surface area contributed by atoms with Crippen molar-refractivity contribution >= 4 is 12.0 Å². The molecule has 1 saturated heterocycles. The Morgan fingerprint density at radius 1 is 1.19 bits per heavy atom. The molecule has 0 aromatic carbocycles. The van der Waals surface area contributed by atoms with Crippen molar-refractivity contribution in [3.8, 4) is 0 Å². The van der Waals surface area contributed by atoms with Gasteiger partial charge in [-0.1, -0.05) is 12.8 Å². The van der Waals surface area contributed by atoms with Crippen LogP contribution in [0.25, 0.3) is 0 Å². The summed E-state index contributed by atoms with van der Waals surface area (Å²) >= 11 is 0. The van der Waals surface area contributed by atoms with Crippen molar-refractivity contribution in [2.45, 2.75) is 56.8 Å². The summed E-state index contributed by atoms with van der Waals surface area (Å²) in [4.78, 5) is 24.4. The van der Waals surface area contributed by atoms with Gasteiger partial charge in [0.25, 0.3) is 0 Å². The number of fused-ring (bicyclic) bond motifs is 1. The van der Waals surface area contributed by atoms with Crippen LogP contribution in [-0.2, 0) is 4.79 Å². The first-order valence-electron chi connectivity index (χ1n) is 7.05. The molecule has 1 saturated carbocycles. The van der Waals surface area contributed by atoms with Crippen molar-refractivity contribution in [2.24, 2.45) is 5.92 Å². The summed E-state index contributed by atoms with van der Waals surface area (Å²) in [5.41, 5.74) is -3.27. The van der Waals surface area contributed by atoms with Crippen LogP contribution in [0.4, 0.5) is 18.0 Å². The van der Waals surface area contributed by atoms with E-state index in [1.54, 1.807) is 5.32 Å². The molecular formula is C13H19F3N2O3. The van der Waals surface area contributed by atoms with Crippen LogP contribution in [0, 0.1) is 5.92 Å². The van der Waals surface area contributed by atoms with Crippen molar-refractivity contribution in [3.05, 3.63) is 0 Å². The van der Waals surface area contributed by atoms with Gasteiger partial charge in [0.1, 0.15) is 0 Å². The number of carboxylic acid groups (broad SMARTS) is 1. The molecule has 3 unspecified atom stereocenters. The van der Waals surface area contributed by atoms with Crippen molar-refractivity contribution in [1.82, 2.24) is 10.2 Å². The Bertz CT molecular complexity index is 441. The largest absolute Gasteiger partial charge is 0.479 e. The van der Waals surface area contributed by atoms with Gasteiger partial charge in [0.05, 0.1) is 0 Å². The summed E-state index contributed by atoms with van der Waals surface area (Å²) in [5.74, 6) is -1.78. The molecule has 0 radical (unpaired) electrons. The third kappa shape index (κ3) is 2.80. The number of rotatable bonds is 2. The van der Waals surface area contributed by atoms with E-state index in [4.69, 9.17) is 5.11 Å². The van der Waals surface area contributed by atoms with E-state index >= 15 is 0 Å². The van der Waals surface area contributed by atoms with E-state index < -0.39 is 23.7 Å². The predicted molar refractivity (Wildman–Crippen MR) is 67.7 cm³/mol. The fourth-order valence-corrected chi connectivity index (χ4v) is 3.19. The van der Waals surface area contributed by atoms with Gasteiger partial charge in [0.2, 0.25) is 5.54 Å². The average Bonchev–Trinajstić information content (AvgIpc) is 2.80.